The van der Waals surface area contributed by atoms with Gasteiger partial charge in [-0.05, 0) is 92.1 Å². The second-order valence-corrected chi connectivity index (χ2v) is 11.6. The number of hydrogen-bond acceptors (Lipinski definition) is 12. The van der Waals surface area contributed by atoms with Crippen LogP contribution in [0.3, 0.4) is 0 Å². The average Bonchev–Trinajstić information content (AvgIpc) is 3.69. The van der Waals surface area contributed by atoms with Crippen molar-refractivity contribution < 1.29 is 0 Å². The van der Waals surface area contributed by atoms with Gasteiger partial charge in [-0.15, -0.1) is 20.5 Å². The molecule has 9 nitrogen and oxygen atoms in total. The molecule has 0 unspecified atom stereocenters. The summed E-state index contributed by atoms with van der Waals surface area (Å²) < 4.78 is 4.26. The largest absolute Gasteiger partial charge is 0.363 e. The summed E-state index contributed by atoms with van der Waals surface area (Å²) in [6.45, 7) is 8.29. The van der Waals surface area contributed by atoms with E-state index in [-0.39, 0.29) is 0 Å². The summed E-state index contributed by atoms with van der Waals surface area (Å²) in [5, 5.41) is 29.7. The zero-order valence-corrected chi connectivity index (χ0v) is 23.9. The number of benzene rings is 2. The van der Waals surface area contributed by atoms with E-state index in [0.717, 1.165) is 62.9 Å². The highest BCUT2D eigenvalue weighted by Gasteiger charge is 2.14. The number of rotatable bonds is 9. The lowest BCUT2D eigenvalue weighted by Gasteiger charge is -2.13. The van der Waals surface area contributed by atoms with E-state index in [1.807, 2.05) is 56.3 Å². The molecule has 0 saturated carbocycles. The average molecular weight is 562 g/mol. The first-order valence-electron chi connectivity index (χ1n) is 12.4. The quantitative estimate of drug-likeness (QED) is 0.150. The van der Waals surface area contributed by atoms with Crippen LogP contribution in [0.1, 0.15) is 30.9 Å². The fourth-order valence-electron chi connectivity index (χ4n) is 3.85. The van der Waals surface area contributed by atoms with E-state index in [1.54, 1.807) is 23.1 Å². The first-order chi connectivity index (χ1) is 18.6. The lowest BCUT2D eigenvalue weighted by Crippen LogP contribution is -2.15. The lowest BCUT2D eigenvalue weighted by atomic mass is 10.2. The van der Waals surface area contributed by atoms with E-state index in [1.165, 1.54) is 29.4 Å². The van der Waals surface area contributed by atoms with Crippen molar-refractivity contribution in [3.8, 4) is 0 Å². The van der Waals surface area contributed by atoms with Gasteiger partial charge < -0.3 is 4.90 Å². The second-order valence-electron chi connectivity index (χ2n) is 8.64. The highest BCUT2D eigenvalue weighted by atomic mass is 32.2. The Morgan fingerprint density at radius 1 is 0.816 bits per heavy atom. The molecule has 5 rings (SSSR count). The fourth-order valence-corrected chi connectivity index (χ4v) is 5.93. The SMILES string of the molecule is CCSc1nsc(/N=N/c2ccc(/N=N/c3ccc(/N=N/c4ccc(N5CCCC5)s4)cc3C)cc2C)n1. The molecule has 3 heterocycles. The van der Waals surface area contributed by atoms with Crippen molar-refractivity contribution in [2.45, 2.75) is 38.8 Å². The molecule has 4 aromatic rings. The van der Waals surface area contributed by atoms with Crippen molar-refractivity contribution in [3.05, 3.63) is 59.7 Å². The zero-order valence-electron chi connectivity index (χ0n) is 21.4. The Hall–Kier alpha value is -3.35. The number of nitrogens with zero attached hydrogens (tertiary/aromatic N) is 9. The summed E-state index contributed by atoms with van der Waals surface area (Å²) in [4.78, 5) is 6.76. The van der Waals surface area contributed by atoms with Gasteiger partial charge in [0.25, 0.3) is 0 Å². The minimum atomic E-state index is 0.546. The molecule has 0 spiro atoms. The number of aryl methyl sites for hydroxylation is 2. The van der Waals surface area contributed by atoms with Gasteiger partial charge in [-0.25, -0.2) is 0 Å². The van der Waals surface area contributed by atoms with Crippen molar-refractivity contribution in [1.29, 1.82) is 0 Å². The molecule has 1 saturated heterocycles. The van der Waals surface area contributed by atoms with Crippen molar-refractivity contribution in [3.63, 3.8) is 0 Å². The standard InChI is InChI=1S/C26H27N9S3/c1-4-36-26-27-25(38-34-26)33-31-22-10-7-19(15-18(22)3)28-30-21-9-8-20(16-17(21)2)29-32-23-11-12-24(37-23)35-13-5-6-14-35/h7-12,15-16H,4-6,13-14H2,1-3H3/b30-28+,32-29+,33-31+. The van der Waals surface area contributed by atoms with Crippen molar-refractivity contribution in [1.82, 2.24) is 9.36 Å². The molecule has 0 aliphatic carbocycles. The fraction of sp³-hybridized carbons (Fsp3) is 0.308. The van der Waals surface area contributed by atoms with Crippen LogP contribution in [-0.4, -0.2) is 28.2 Å². The summed E-state index contributed by atoms with van der Waals surface area (Å²) in [5.74, 6) is 0.923. The van der Waals surface area contributed by atoms with Crippen LogP contribution in [0.4, 0.5) is 37.9 Å². The van der Waals surface area contributed by atoms with Crippen molar-refractivity contribution in [2.75, 3.05) is 23.7 Å². The smallest absolute Gasteiger partial charge is 0.250 e. The van der Waals surface area contributed by atoms with Gasteiger partial charge in [0.15, 0.2) is 0 Å². The Morgan fingerprint density at radius 2 is 1.47 bits per heavy atom. The molecule has 1 fully saturated rings. The predicted molar refractivity (Wildman–Crippen MR) is 157 cm³/mol. The third kappa shape index (κ3) is 6.74. The second kappa shape index (κ2) is 12.5. The van der Waals surface area contributed by atoms with Gasteiger partial charge in [0, 0.05) is 24.6 Å². The van der Waals surface area contributed by atoms with Crippen molar-refractivity contribution >= 4 is 72.5 Å². The monoisotopic (exact) mass is 561 g/mol. The first kappa shape index (κ1) is 26.3. The Balaban J connectivity index is 1.21. The third-order valence-electron chi connectivity index (χ3n) is 5.81. The molecular weight excluding hydrogens is 535 g/mol. The summed E-state index contributed by atoms with van der Waals surface area (Å²) in [7, 11) is 0. The Morgan fingerprint density at radius 3 is 2.13 bits per heavy atom. The van der Waals surface area contributed by atoms with Crippen LogP contribution in [0.5, 0.6) is 0 Å². The molecular formula is C26H27N9S3. The molecule has 1 aliphatic rings. The van der Waals surface area contributed by atoms with Crippen molar-refractivity contribution in [2.24, 2.45) is 30.7 Å². The number of thioether (sulfide) groups is 1. The van der Waals surface area contributed by atoms with Crippen LogP contribution >= 0.6 is 34.6 Å². The Labute approximate surface area is 234 Å². The van der Waals surface area contributed by atoms with Crippen LogP contribution in [0.25, 0.3) is 0 Å². The van der Waals surface area contributed by atoms with Gasteiger partial charge in [-0.2, -0.15) is 19.6 Å². The van der Waals surface area contributed by atoms with Crippen LogP contribution < -0.4 is 4.90 Å². The van der Waals surface area contributed by atoms with E-state index in [4.69, 9.17) is 0 Å². The maximum atomic E-state index is 4.44. The molecule has 2 aromatic heterocycles. The van der Waals surface area contributed by atoms with Gasteiger partial charge in [0.2, 0.25) is 10.3 Å². The van der Waals surface area contributed by atoms with Crippen LogP contribution in [0.15, 0.2) is 84.4 Å². The topological polar surface area (TPSA) is 103 Å². The van der Waals surface area contributed by atoms with E-state index in [0.29, 0.717) is 5.13 Å². The maximum Gasteiger partial charge on any atom is 0.250 e. The number of thiophene rings is 1. The summed E-state index contributed by atoms with van der Waals surface area (Å²) in [6, 6.07) is 15.7. The third-order valence-corrected chi connectivity index (χ3v) is 8.28. The number of azo groups is 3. The first-order valence-corrected chi connectivity index (χ1v) is 14.9. The molecule has 0 bridgehead atoms. The van der Waals surface area contributed by atoms with E-state index in [2.05, 4.69) is 57.9 Å². The molecule has 194 valence electrons. The van der Waals surface area contributed by atoms with Crippen LogP contribution in [0.2, 0.25) is 0 Å². The molecule has 12 heteroatoms. The molecule has 38 heavy (non-hydrogen) atoms. The molecule has 0 amide bonds. The summed E-state index contributed by atoms with van der Waals surface area (Å²) in [6.07, 6.45) is 2.53. The van der Waals surface area contributed by atoms with Crippen LogP contribution in [-0.2, 0) is 0 Å². The zero-order chi connectivity index (χ0) is 26.3. The summed E-state index contributed by atoms with van der Waals surface area (Å²) >= 11 is 4.51. The van der Waals surface area contributed by atoms with E-state index in [9.17, 15) is 0 Å². The van der Waals surface area contributed by atoms with Crippen LogP contribution in [0, 0.1) is 13.8 Å². The maximum absolute atomic E-state index is 4.44. The molecule has 0 atom stereocenters. The van der Waals surface area contributed by atoms with Gasteiger partial charge in [0.05, 0.1) is 27.8 Å². The minimum Gasteiger partial charge on any atom is -0.363 e. The molecule has 2 aromatic carbocycles. The highest BCUT2D eigenvalue weighted by molar-refractivity contribution is 7.99. The summed E-state index contributed by atoms with van der Waals surface area (Å²) in [5.41, 5.74) is 5.01. The Bertz CT molecular complexity index is 1480. The molecule has 0 N–H and O–H groups in total. The van der Waals surface area contributed by atoms with E-state index >= 15 is 0 Å². The predicted octanol–water partition coefficient (Wildman–Crippen LogP) is 10.2. The minimum absolute atomic E-state index is 0.546. The number of anilines is 1. The molecule has 0 radical (unpaired) electrons. The normalized spacial score (nSPS) is 14.1. The van der Waals surface area contributed by atoms with Gasteiger partial charge in [-0.3, -0.25) is 0 Å². The number of aromatic nitrogens is 2. The van der Waals surface area contributed by atoms with Gasteiger partial charge >= 0.3 is 0 Å². The highest BCUT2D eigenvalue weighted by Crippen LogP contribution is 2.35. The Kier molecular flexibility index (Phi) is 8.61. The van der Waals surface area contributed by atoms with E-state index < -0.39 is 0 Å². The number of hydrogen-bond donors (Lipinski definition) is 0. The van der Waals surface area contributed by atoms with Gasteiger partial charge in [0.1, 0.15) is 5.00 Å². The molecule has 1 aliphatic heterocycles. The lowest BCUT2D eigenvalue weighted by molar-refractivity contribution is 0.949. The van der Waals surface area contributed by atoms with Gasteiger partial charge in [-0.1, -0.05) is 30.0 Å².